The van der Waals surface area contributed by atoms with Gasteiger partial charge in [-0.3, -0.25) is 4.99 Å². The van der Waals surface area contributed by atoms with Crippen LogP contribution in [0.5, 0.6) is 0 Å². The van der Waals surface area contributed by atoms with E-state index in [0.29, 0.717) is 0 Å². The van der Waals surface area contributed by atoms with Crippen LogP contribution in [0.3, 0.4) is 0 Å². The fourth-order valence-corrected chi connectivity index (χ4v) is 2.11. The van der Waals surface area contributed by atoms with E-state index in [-0.39, 0.29) is 12.0 Å². The molecule has 0 bridgehead atoms. The summed E-state index contributed by atoms with van der Waals surface area (Å²) < 4.78 is 3.06. The number of carbonyl (C=O) groups is 2. The summed E-state index contributed by atoms with van der Waals surface area (Å²) in [6.07, 6.45) is 1.16. The molecule has 0 radical (unpaired) electrons. The van der Waals surface area contributed by atoms with E-state index >= 15 is 0 Å². The fourth-order valence-electron chi connectivity index (χ4n) is 1.07. The van der Waals surface area contributed by atoms with Gasteiger partial charge in [-0.15, -0.1) is 0 Å². The van der Waals surface area contributed by atoms with Gasteiger partial charge in [-0.25, -0.2) is 9.59 Å². The smallest absolute Gasteiger partial charge is 0.339 e. The molecule has 2 unspecified atom stereocenters. The molecule has 1 heterocycles. The van der Waals surface area contributed by atoms with Crippen molar-refractivity contribution in [1.29, 1.82) is 0 Å². The van der Waals surface area contributed by atoms with Gasteiger partial charge in [0.15, 0.2) is 0 Å². The largest absolute Gasteiger partial charge is 0.479 e. The van der Waals surface area contributed by atoms with Crippen LogP contribution in [0.15, 0.2) is 4.99 Å². The standard InChI is InChI=1S/C8H11NO4S/c1-3-13-7(12)8(6(10)11)4-9-5(2)14-8/h4-5H,3H2,1-2H3,(H,10,11). The highest BCUT2D eigenvalue weighted by atomic mass is 32.2. The van der Waals surface area contributed by atoms with Gasteiger partial charge in [0, 0.05) is 6.21 Å². The first-order valence-corrected chi connectivity index (χ1v) is 5.03. The molecule has 1 N–H and O–H groups in total. The second-order valence-corrected chi connectivity index (χ2v) is 4.32. The molecule has 0 amide bonds. The van der Waals surface area contributed by atoms with Crippen LogP contribution >= 0.6 is 11.8 Å². The number of carboxylic acid groups (broad SMARTS) is 1. The Morgan fingerprint density at radius 1 is 1.71 bits per heavy atom. The molecule has 0 spiro atoms. The summed E-state index contributed by atoms with van der Waals surface area (Å²) in [5.74, 6) is -1.99. The summed E-state index contributed by atoms with van der Waals surface area (Å²) in [5.41, 5.74) is 0. The molecule has 0 fully saturated rings. The van der Waals surface area contributed by atoms with Crippen molar-refractivity contribution in [3.63, 3.8) is 0 Å². The molecule has 0 aliphatic carbocycles. The van der Waals surface area contributed by atoms with Crippen LogP contribution in [0.4, 0.5) is 0 Å². The highest BCUT2D eigenvalue weighted by Crippen LogP contribution is 2.35. The molecular weight excluding hydrogens is 206 g/mol. The number of hydrogen-bond acceptors (Lipinski definition) is 5. The number of aliphatic carboxylic acids is 1. The van der Waals surface area contributed by atoms with Gasteiger partial charge in [-0.2, -0.15) is 0 Å². The first-order chi connectivity index (χ1) is 6.53. The minimum Gasteiger partial charge on any atom is -0.479 e. The van der Waals surface area contributed by atoms with Crippen LogP contribution in [-0.2, 0) is 14.3 Å². The first-order valence-electron chi connectivity index (χ1n) is 4.15. The number of carbonyl (C=O) groups excluding carboxylic acids is 1. The van der Waals surface area contributed by atoms with Gasteiger partial charge in [0.25, 0.3) is 0 Å². The zero-order chi connectivity index (χ0) is 10.8. The van der Waals surface area contributed by atoms with Crippen molar-refractivity contribution in [2.45, 2.75) is 24.0 Å². The molecule has 6 heteroatoms. The lowest BCUT2D eigenvalue weighted by molar-refractivity contribution is -0.152. The van der Waals surface area contributed by atoms with Crippen LogP contribution in [0.25, 0.3) is 0 Å². The van der Waals surface area contributed by atoms with Crippen molar-refractivity contribution < 1.29 is 19.4 Å². The molecule has 1 rings (SSSR count). The minimum absolute atomic E-state index is 0.163. The summed E-state index contributed by atoms with van der Waals surface area (Å²) in [4.78, 5) is 26.3. The highest BCUT2D eigenvalue weighted by Gasteiger charge is 2.51. The Labute approximate surface area is 85.5 Å². The predicted molar refractivity (Wildman–Crippen MR) is 52.5 cm³/mol. The highest BCUT2D eigenvalue weighted by molar-refractivity contribution is 8.03. The van der Waals surface area contributed by atoms with E-state index in [0.717, 1.165) is 18.0 Å². The summed E-state index contributed by atoms with van der Waals surface area (Å²) in [7, 11) is 0. The Kier molecular flexibility index (Phi) is 3.15. The van der Waals surface area contributed by atoms with Gasteiger partial charge in [0.05, 0.1) is 12.0 Å². The molecule has 1 aliphatic rings. The van der Waals surface area contributed by atoms with E-state index in [1.807, 2.05) is 0 Å². The average Bonchev–Trinajstić information content (AvgIpc) is 2.49. The third-order valence-electron chi connectivity index (χ3n) is 1.72. The number of esters is 1. The van der Waals surface area contributed by atoms with Crippen LogP contribution in [0.2, 0.25) is 0 Å². The number of ether oxygens (including phenoxy) is 1. The van der Waals surface area contributed by atoms with Gasteiger partial charge in [-0.1, -0.05) is 11.8 Å². The number of aliphatic imine (C=N–C) groups is 1. The van der Waals surface area contributed by atoms with Crippen LogP contribution in [-0.4, -0.2) is 40.0 Å². The number of rotatable bonds is 3. The van der Waals surface area contributed by atoms with Gasteiger partial charge >= 0.3 is 11.9 Å². The Morgan fingerprint density at radius 2 is 2.36 bits per heavy atom. The summed E-state index contributed by atoms with van der Waals surface area (Å²) in [5, 5.41) is 8.74. The van der Waals surface area contributed by atoms with Crippen molar-refractivity contribution in [3.8, 4) is 0 Å². The second-order valence-electron chi connectivity index (χ2n) is 2.76. The van der Waals surface area contributed by atoms with Gasteiger partial charge in [-0.05, 0) is 13.8 Å². The normalized spacial score (nSPS) is 30.3. The molecule has 0 saturated heterocycles. The Balaban J connectivity index is 2.90. The Hall–Kier alpha value is -1.04. The van der Waals surface area contributed by atoms with E-state index < -0.39 is 16.7 Å². The van der Waals surface area contributed by atoms with Gasteiger partial charge < -0.3 is 9.84 Å². The average molecular weight is 217 g/mol. The van der Waals surface area contributed by atoms with E-state index in [2.05, 4.69) is 4.99 Å². The number of carboxylic acids is 1. The van der Waals surface area contributed by atoms with Crippen molar-refractivity contribution in [2.24, 2.45) is 4.99 Å². The Bertz CT molecular complexity index is 291. The molecule has 5 nitrogen and oxygen atoms in total. The topological polar surface area (TPSA) is 76.0 Å². The monoisotopic (exact) mass is 217 g/mol. The maximum Gasteiger partial charge on any atom is 0.339 e. The third kappa shape index (κ3) is 1.75. The number of hydrogen-bond donors (Lipinski definition) is 1. The van der Waals surface area contributed by atoms with E-state index in [9.17, 15) is 9.59 Å². The summed E-state index contributed by atoms with van der Waals surface area (Å²) in [6.45, 7) is 3.52. The fraction of sp³-hybridized carbons (Fsp3) is 0.625. The maximum atomic E-state index is 11.4. The zero-order valence-electron chi connectivity index (χ0n) is 7.89. The SMILES string of the molecule is CCOC(=O)C1(C(=O)O)C=NC(C)S1. The third-order valence-corrected chi connectivity index (χ3v) is 3.00. The Morgan fingerprint density at radius 3 is 2.71 bits per heavy atom. The lowest BCUT2D eigenvalue weighted by atomic mass is 10.1. The van der Waals surface area contributed by atoms with Crippen LogP contribution < -0.4 is 0 Å². The number of thioether (sulfide) groups is 1. The van der Waals surface area contributed by atoms with Crippen LogP contribution in [0.1, 0.15) is 13.8 Å². The minimum atomic E-state index is -1.64. The van der Waals surface area contributed by atoms with Gasteiger partial charge in [0.1, 0.15) is 0 Å². The quantitative estimate of drug-likeness (QED) is 0.551. The molecule has 1 aliphatic heterocycles. The second kappa shape index (κ2) is 4.00. The maximum absolute atomic E-state index is 11.4. The molecule has 0 saturated carbocycles. The summed E-state index contributed by atoms with van der Waals surface area (Å²) in [6, 6.07) is 0. The van der Waals surface area contributed by atoms with Crippen molar-refractivity contribution in [2.75, 3.05) is 6.61 Å². The van der Waals surface area contributed by atoms with Crippen molar-refractivity contribution in [3.05, 3.63) is 0 Å². The molecule has 0 aromatic carbocycles. The van der Waals surface area contributed by atoms with E-state index in [4.69, 9.17) is 9.84 Å². The van der Waals surface area contributed by atoms with Gasteiger partial charge in [0.2, 0.25) is 4.75 Å². The van der Waals surface area contributed by atoms with Crippen molar-refractivity contribution >= 4 is 29.9 Å². The summed E-state index contributed by atoms with van der Waals surface area (Å²) >= 11 is 0.973. The molecule has 78 valence electrons. The van der Waals surface area contributed by atoms with Crippen LogP contribution in [0, 0.1) is 0 Å². The molecule has 2 atom stereocenters. The first kappa shape index (κ1) is 11.0. The van der Waals surface area contributed by atoms with Crippen molar-refractivity contribution in [1.82, 2.24) is 0 Å². The zero-order valence-corrected chi connectivity index (χ0v) is 8.71. The van der Waals surface area contributed by atoms with E-state index in [1.54, 1.807) is 13.8 Å². The van der Waals surface area contributed by atoms with E-state index in [1.165, 1.54) is 0 Å². The molecule has 0 aromatic rings. The predicted octanol–water partition coefficient (Wildman–Crippen LogP) is 0.536. The molecular formula is C8H11NO4S. The lowest BCUT2D eigenvalue weighted by Gasteiger charge is -2.18. The molecule has 0 aromatic heterocycles. The molecule has 14 heavy (non-hydrogen) atoms. The lowest BCUT2D eigenvalue weighted by Crippen LogP contribution is -2.45. The number of nitrogens with zero attached hydrogens (tertiary/aromatic N) is 1.